The number of halogens is 2. The van der Waals surface area contributed by atoms with E-state index in [1.54, 1.807) is 25.5 Å². The smallest absolute Gasteiger partial charge is 0.147 e. The minimum Gasteiger partial charge on any atom is -0.147 e. The van der Waals surface area contributed by atoms with Gasteiger partial charge in [-0.2, -0.15) is 0 Å². The van der Waals surface area contributed by atoms with E-state index >= 15 is 0 Å². The molecule has 6 aromatic carbocycles. The molecule has 0 aliphatic heterocycles. The van der Waals surface area contributed by atoms with Gasteiger partial charge in [0.2, 0.25) is 0 Å². The average molecular weight is 1020 g/mol. The van der Waals surface area contributed by atoms with E-state index in [0.29, 0.717) is 15.5 Å². The van der Waals surface area contributed by atoms with Gasteiger partial charge in [0.1, 0.15) is 0 Å². The second-order valence-electron chi connectivity index (χ2n) is 22.4. The summed E-state index contributed by atoms with van der Waals surface area (Å²) in [5.41, 5.74) is 21.1. The van der Waals surface area contributed by atoms with Crippen LogP contribution in [0.1, 0.15) is 172 Å². The topological polar surface area (TPSA) is 0 Å². The molecule has 0 heterocycles. The summed E-state index contributed by atoms with van der Waals surface area (Å²) >= 11 is -2.89. The van der Waals surface area contributed by atoms with Crippen LogP contribution in [0.15, 0.2) is 155 Å². The van der Waals surface area contributed by atoms with E-state index in [4.69, 9.17) is 0 Å². The van der Waals surface area contributed by atoms with E-state index in [9.17, 15) is 0 Å². The van der Waals surface area contributed by atoms with E-state index in [-0.39, 0.29) is 35.6 Å². The van der Waals surface area contributed by atoms with Crippen LogP contribution in [0.25, 0.3) is 33.4 Å². The quantitative estimate of drug-likeness (QED) is 0.128. The van der Waals surface area contributed by atoms with Gasteiger partial charge < -0.3 is 0 Å². The van der Waals surface area contributed by atoms with Crippen molar-refractivity contribution in [1.82, 2.24) is 0 Å². The summed E-state index contributed by atoms with van der Waals surface area (Å²) < 4.78 is 3.91. The van der Waals surface area contributed by atoms with Crippen molar-refractivity contribution >= 4 is 28.0 Å². The fraction of sp³-hybridized carbons (Fsp3) is 0.369. The van der Waals surface area contributed by atoms with Gasteiger partial charge in [-0.15, -0.1) is 24.8 Å². The molecule has 0 N–H and O–H groups in total. The predicted octanol–water partition coefficient (Wildman–Crippen LogP) is 18.7. The molecule has 0 radical (unpaired) electrons. The largest absolute Gasteiger partial charge is 0.147 e. The number of benzene rings is 6. The van der Waals surface area contributed by atoms with Gasteiger partial charge in [-0.25, -0.2) is 0 Å². The molecule has 0 amide bonds. The monoisotopic (exact) mass is 1010 g/mol. The zero-order valence-corrected chi connectivity index (χ0v) is 45.8. The van der Waals surface area contributed by atoms with Crippen LogP contribution in [0.4, 0.5) is 0 Å². The predicted molar refractivity (Wildman–Crippen MR) is 295 cm³/mol. The van der Waals surface area contributed by atoms with Crippen molar-refractivity contribution < 1.29 is 21.3 Å². The molecule has 3 heteroatoms. The van der Waals surface area contributed by atoms with Crippen molar-refractivity contribution in [2.45, 2.75) is 151 Å². The van der Waals surface area contributed by atoms with Gasteiger partial charge in [0.25, 0.3) is 0 Å². The number of hydrogen-bond acceptors (Lipinski definition) is 0. The van der Waals surface area contributed by atoms with Gasteiger partial charge in [-0.05, 0) is 0 Å². The molecule has 2 fully saturated rings. The average Bonchev–Trinajstić information content (AvgIpc) is 3.98. The Morgan fingerprint density at radius 1 is 0.456 bits per heavy atom. The molecule has 0 unspecified atom stereocenters. The van der Waals surface area contributed by atoms with Gasteiger partial charge in [0.05, 0.1) is 0 Å². The summed E-state index contributed by atoms with van der Waals surface area (Å²) in [7, 11) is 0. The molecule has 0 saturated heterocycles. The van der Waals surface area contributed by atoms with Crippen LogP contribution < -0.4 is 0 Å². The van der Waals surface area contributed by atoms with Crippen molar-refractivity contribution in [3.05, 3.63) is 199 Å². The Hall–Kier alpha value is -3.87. The maximum absolute atomic E-state index is 2.89. The Bertz CT molecular complexity index is 2630. The second kappa shape index (κ2) is 21.6. The van der Waals surface area contributed by atoms with Crippen LogP contribution in [0, 0.1) is 0 Å². The van der Waals surface area contributed by atoms with Gasteiger partial charge in [0, 0.05) is 0 Å². The summed E-state index contributed by atoms with van der Waals surface area (Å²) in [6.45, 7) is 14.8. The van der Waals surface area contributed by atoms with Crippen molar-refractivity contribution in [3.8, 4) is 33.4 Å². The van der Waals surface area contributed by atoms with Crippen LogP contribution in [0.2, 0.25) is 0 Å². The molecule has 4 aliphatic rings. The van der Waals surface area contributed by atoms with Gasteiger partial charge in [0.15, 0.2) is 0 Å². The van der Waals surface area contributed by atoms with Crippen LogP contribution >= 0.6 is 24.8 Å². The Morgan fingerprint density at radius 2 is 0.868 bits per heavy atom. The van der Waals surface area contributed by atoms with E-state index < -0.39 is 21.3 Å². The first-order valence-corrected chi connectivity index (χ1v) is 29.6. The van der Waals surface area contributed by atoms with Crippen molar-refractivity contribution in [2.75, 3.05) is 0 Å². The number of rotatable bonds is 10. The third-order valence-corrected chi connectivity index (χ3v) is 24.1. The molecule has 68 heavy (non-hydrogen) atoms. The summed E-state index contributed by atoms with van der Waals surface area (Å²) in [5.74, 6) is 1.25. The van der Waals surface area contributed by atoms with E-state index in [2.05, 4.69) is 193 Å². The summed E-state index contributed by atoms with van der Waals surface area (Å²) in [4.78, 5) is 0. The Morgan fingerprint density at radius 3 is 1.26 bits per heavy atom. The van der Waals surface area contributed by atoms with Crippen LogP contribution in [0.3, 0.4) is 0 Å². The molecule has 6 aromatic rings. The molecule has 4 aliphatic carbocycles. The summed E-state index contributed by atoms with van der Waals surface area (Å²) in [5, 5.41) is 0. The zero-order chi connectivity index (χ0) is 45.4. The molecule has 10 rings (SSSR count). The third kappa shape index (κ3) is 10.4. The molecule has 0 bridgehead atoms. The van der Waals surface area contributed by atoms with Crippen molar-refractivity contribution in [1.29, 1.82) is 0 Å². The molecule has 0 aromatic heterocycles. The molecule has 2 saturated carbocycles. The standard InChI is InChI=1S/C45H53.C15H14.C5H5.2ClH.Zr/c1-44(2,3)42-28-38-32(26-40(42)36-23-15-13-21-34(36)30-17-9-7-10-18-30)25-33-27-41(43(29-39(33)38)45(4,5)6)37-24-16-14-22-35(37)31-19-11-8-12-20-31;1-3-8-14(9-4-1)12-7-13-15-10-5-2-6-11-15;1-2-4-5-3-1;;;/h13-16,21-31H,7-12,17-20H2,1-6H3;1-6,8-11H,12-13H2;1-3H,4H2;2*1H;. The zero-order valence-electron chi connectivity index (χ0n) is 41.7. The van der Waals surface area contributed by atoms with E-state index in [0.717, 1.165) is 19.3 Å². The van der Waals surface area contributed by atoms with Crippen molar-refractivity contribution in [3.63, 3.8) is 0 Å². The number of fused-ring (bicyclic) bond motifs is 3. The number of allylic oxidation sites excluding steroid dienone is 4. The van der Waals surface area contributed by atoms with Gasteiger partial charge >= 0.3 is 409 Å². The maximum Gasteiger partial charge on any atom is -0.147 e. The fourth-order valence-corrected chi connectivity index (χ4v) is 21.7. The first kappa shape index (κ1) is 50.5. The number of hydrogen-bond donors (Lipinski definition) is 0. The second-order valence-corrected chi connectivity index (χ2v) is 29.2. The normalized spacial score (nSPS) is 16.4. The first-order chi connectivity index (χ1) is 32.0. The van der Waals surface area contributed by atoms with Gasteiger partial charge in [-0.3, -0.25) is 0 Å². The Balaban J connectivity index is 0.00000312. The molecule has 0 atom stereocenters. The first-order valence-electron chi connectivity index (χ1n) is 25.7. The van der Waals surface area contributed by atoms with E-state index in [1.807, 2.05) is 3.21 Å². The minimum atomic E-state index is -2.89. The fourth-order valence-electron chi connectivity index (χ4n) is 12.6. The Labute approximate surface area is 430 Å². The summed E-state index contributed by atoms with van der Waals surface area (Å²) in [6, 6.07) is 53.2. The SMILES string of the molecule is CC(C)(C)c1cc2c(cc1-c1ccccc1C1CCCCC1)[CH]([Zr]([C]1=CC=CC1)=[C](Cc1ccccc1)Cc1ccccc1)c1cc(-c3ccccc3C3CCCCC3)c(C(C)(C)C)cc1-2.Cl.Cl. The molecular weight excluding hydrogens is 943 g/mol. The summed E-state index contributed by atoms with van der Waals surface area (Å²) in [6.07, 6.45) is 23.9. The van der Waals surface area contributed by atoms with E-state index in [1.165, 1.54) is 120 Å². The van der Waals surface area contributed by atoms with Gasteiger partial charge in [-0.1, -0.05) is 0 Å². The minimum absolute atomic E-state index is 0. The molecular formula is C65H74Cl2Zr. The van der Waals surface area contributed by atoms with Crippen LogP contribution in [-0.4, -0.2) is 3.21 Å². The molecule has 0 spiro atoms. The third-order valence-electron chi connectivity index (χ3n) is 15.8. The maximum atomic E-state index is 2.79. The van der Waals surface area contributed by atoms with Crippen LogP contribution in [0.5, 0.6) is 0 Å². The Kier molecular flexibility index (Phi) is 16.1. The molecule has 352 valence electrons. The molecule has 0 nitrogen and oxygen atoms in total. The van der Waals surface area contributed by atoms with Crippen molar-refractivity contribution in [2.24, 2.45) is 0 Å². The van der Waals surface area contributed by atoms with Crippen LogP contribution in [-0.2, 0) is 44.9 Å².